The molecule has 0 radical (unpaired) electrons. The Labute approximate surface area is 96.8 Å². The van der Waals surface area contributed by atoms with Crippen molar-refractivity contribution in [3.63, 3.8) is 0 Å². The minimum Gasteiger partial charge on any atom is -0.481 e. The molecule has 90 valence electrons. The first-order chi connectivity index (χ1) is 7.75. The predicted molar refractivity (Wildman–Crippen MR) is 61.2 cm³/mol. The summed E-state index contributed by atoms with van der Waals surface area (Å²) in [4.78, 5) is 13.6. The van der Waals surface area contributed by atoms with Crippen LogP contribution in [0.2, 0.25) is 0 Å². The van der Waals surface area contributed by atoms with Crippen molar-refractivity contribution < 1.29 is 9.90 Å². The first-order valence-electron chi connectivity index (χ1n) is 6.73. The highest BCUT2D eigenvalue weighted by Crippen LogP contribution is 2.46. The van der Waals surface area contributed by atoms with E-state index in [2.05, 4.69) is 4.90 Å². The van der Waals surface area contributed by atoms with Gasteiger partial charge in [-0.3, -0.25) is 9.69 Å². The highest BCUT2D eigenvalue weighted by Gasteiger charge is 2.46. The minimum atomic E-state index is -0.603. The fraction of sp³-hybridized carbons (Fsp3) is 0.923. The van der Waals surface area contributed by atoms with E-state index in [0.29, 0.717) is 18.4 Å². The van der Waals surface area contributed by atoms with Gasteiger partial charge in [0.25, 0.3) is 0 Å². The molecule has 1 aliphatic heterocycles. The number of piperidine rings is 1. The molecule has 16 heavy (non-hydrogen) atoms. The Morgan fingerprint density at radius 1 is 1.19 bits per heavy atom. The number of likely N-dealkylation sites (tertiary alicyclic amines) is 1. The van der Waals surface area contributed by atoms with Gasteiger partial charge in [0.15, 0.2) is 0 Å². The molecule has 0 unspecified atom stereocenters. The maximum atomic E-state index is 10.9. The van der Waals surface area contributed by atoms with Crippen molar-refractivity contribution in [2.45, 2.75) is 57.0 Å². The lowest BCUT2D eigenvalue weighted by molar-refractivity contribution is -0.139. The van der Waals surface area contributed by atoms with Gasteiger partial charge in [-0.15, -0.1) is 0 Å². The maximum absolute atomic E-state index is 10.9. The van der Waals surface area contributed by atoms with Crippen molar-refractivity contribution in [2.75, 3.05) is 6.54 Å². The SMILES string of the molecule is O=C(O)C[C@H]1CCCN(C2CC2)[C@@H]1C1CC1. The van der Waals surface area contributed by atoms with Crippen molar-refractivity contribution >= 4 is 5.97 Å². The molecule has 0 aromatic carbocycles. The summed E-state index contributed by atoms with van der Waals surface area (Å²) >= 11 is 0. The highest BCUT2D eigenvalue weighted by molar-refractivity contribution is 5.67. The van der Waals surface area contributed by atoms with Crippen LogP contribution in [0, 0.1) is 11.8 Å². The van der Waals surface area contributed by atoms with Crippen molar-refractivity contribution in [3.05, 3.63) is 0 Å². The van der Waals surface area contributed by atoms with Crippen LogP contribution in [-0.2, 0) is 4.79 Å². The van der Waals surface area contributed by atoms with Crippen LogP contribution < -0.4 is 0 Å². The third-order valence-corrected chi connectivity index (χ3v) is 4.41. The molecule has 3 fully saturated rings. The summed E-state index contributed by atoms with van der Waals surface area (Å²) in [5.41, 5.74) is 0. The summed E-state index contributed by atoms with van der Waals surface area (Å²) in [6.45, 7) is 1.22. The Bertz CT molecular complexity index is 284. The average Bonchev–Trinajstić information content (AvgIpc) is 3.11. The lowest BCUT2D eigenvalue weighted by Crippen LogP contribution is -2.48. The molecule has 0 amide bonds. The molecule has 3 heteroatoms. The van der Waals surface area contributed by atoms with Crippen molar-refractivity contribution in [2.24, 2.45) is 11.8 Å². The second-order valence-electron chi connectivity index (χ2n) is 5.80. The lowest BCUT2D eigenvalue weighted by atomic mass is 9.83. The van der Waals surface area contributed by atoms with Gasteiger partial charge in [-0.25, -0.2) is 0 Å². The van der Waals surface area contributed by atoms with E-state index < -0.39 is 5.97 Å². The van der Waals surface area contributed by atoms with E-state index in [0.717, 1.165) is 18.4 Å². The van der Waals surface area contributed by atoms with E-state index in [-0.39, 0.29) is 0 Å². The Kier molecular flexibility index (Phi) is 2.66. The fourth-order valence-corrected chi connectivity index (χ4v) is 3.50. The molecule has 3 aliphatic rings. The molecule has 0 aromatic heterocycles. The molecule has 2 aliphatic carbocycles. The zero-order valence-corrected chi connectivity index (χ0v) is 9.77. The average molecular weight is 223 g/mol. The highest BCUT2D eigenvalue weighted by atomic mass is 16.4. The van der Waals surface area contributed by atoms with E-state index in [1.165, 1.54) is 38.6 Å². The smallest absolute Gasteiger partial charge is 0.303 e. The van der Waals surface area contributed by atoms with E-state index in [4.69, 9.17) is 5.11 Å². The van der Waals surface area contributed by atoms with E-state index >= 15 is 0 Å². The van der Waals surface area contributed by atoms with Gasteiger partial charge in [0.1, 0.15) is 0 Å². The van der Waals surface area contributed by atoms with E-state index in [1.807, 2.05) is 0 Å². The van der Waals surface area contributed by atoms with Gasteiger partial charge >= 0.3 is 5.97 Å². The van der Waals surface area contributed by atoms with Gasteiger partial charge in [0.05, 0.1) is 0 Å². The molecular formula is C13H21NO2. The van der Waals surface area contributed by atoms with Crippen molar-refractivity contribution in [1.29, 1.82) is 0 Å². The first-order valence-corrected chi connectivity index (χ1v) is 6.73. The zero-order valence-electron chi connectivity index (χ0n) is 9.77. The molecule has 2 saturated carbocycles. The van der Waals surface area contributed by atoms with Gasteiger partial charge < -0.3 is 5.11 Å². The third kappa shape index (κ3) is 2.10. The number of carboxylic acid groups (broad SMARTS) is 1. The van der Waals surface area contributed by atoms with Crippen LogP contribution in [0.1, 0.15) is 44.9 Å². The maximum Gasteiger partial charge on any atom is 0.303 e. The Morgan fingerprint density at radius 2 is 1.94 bits per heavy atom. The van der Waals surface area contributed by atoms with Gasteiger partial charge in [-0.2, -0.15) is 0 Å². The van der Waals surface area contributed by atoms with Gasteiger partial charge in [-0.1, -0.05) is 0 Å². The monoisotopic (exact) mass is 223 g/mol. The molecule has 3 rings (SSSR count). The number of rotatable bonds is 4. The zero-order chi connectivity index (χ0) is 11.1. The number of carbonyl (C=O) groups is 1. The molecule has 0 bridgehead atoms. The molecule has 1 heterocycles. The molecule has 1 saturated heterocycles. The van der Waals surface area contributed by atoms with Crippen LogP contribution in [0.4, 0.5) is 0 Å². The van der Waals surface area contributed by atoms with Crippen LogP contribution >= 0.6 is 0 Å². The predicted octanol–water partition coefficient (Wildman–Crippen LogP) is 2.11. The van der Waals surface area contributed by atoms with Crippen LogP contribution in [0.3, 0.4) is 0 Å². The summed E-state index contributed by atoms with van der Waals surface area (Å²) in [6, 6.07) is 1.42. The third-order valence-electron chi connectivity index (χ3n) is 4.41. The van der Waals surface area contributed by atoms with E-state index in [1.54, 1.807) is 0 Å². The topological polar surface area (TPSA) is 40.5 Å². The molecule has 3 nitrogen and oxygen atoms in total. The molecule has 1 N–H and O–H groups in total. The number of hydrogen-bond donors (Lipinski definition) is 1. The molecule has 0 aromatic rings. The lowest BCUT2D eigenvalue weighted by Gasteiger charge is -2.41. The number of carboxylic acids is 1. The minimum absolute atomic E-state index is 0.393. The number of aliphatic carboxylic acids is 1. The number of hydrogen-bond acceptors (Lipinski definition) is 2. The van der Waals surface area contributed by atoms with Crippen LogP contribution in [0.5, 0.6) is 0 Å². The summed E-state index contributed by atoms with van der Waals surface area (Å²) in [5, 5.41) is 9.01. The standard InChI is InChI=1S/C13H21NO2/c15-12(16)8-10-2-1-7-14(11-5-6-11)13(10)9-3-4-9/h9-11,13H,1-8H2,(H,15,16)/t10-,13-/m1/s1. The van der Waals surface area contributed by atoms with Gasteiger partial charge in [0, 0.05) is 18.5 Å². The Hall–Kier alpha value is -0.570. The van der Waals surface area contributed by atoms with Crippen LogP contribution in [0.15, 0.2) is 0 Å². The Balaban J connectivity index is 1.71. The largest absolute Gasteiger partial charge is 0.481 e. The first kappa shape index (κ1) is 10.6. The summed E-state index contributed by atoms with van der Waals surface area (Å²) in [5.74, 6) is 0.651. The molecule has 0 spiro atoms. The van der Waals surface area contributed by atoms with Crippen molar-refractivity contribution in [3.8, 4) is 0 Å². The van der Waals surface area contributed by atoms with Crippen LogP contribution in [0.25, 0.3) is 0 Å². The second-order valence-corrected chi connectivity index (χ2v) is 5.80. The second kappa shape index (κ2) is 4.02. The fourth-order valence-electron chi connectivity index (χ4n) is 3.50. The molecular weight excluding hydrogens is 202 g/mol. The van der Waals surface area contributed by atoms with Gasteiger partial charge in [0.2, 0.25) is 0 Å². The number of nitrogens with zero attached hydrogens (tertiary/aromatic N) is 1. The summed E-state index contributed by atoms with van der Waals surface area (Å²) in [7, 11) is 0. The Morgan fingerprint density at radius 3 is 2.50 bits per heavy atom. The van der Waals surface area contributed by atoms with E-state index in [9.17, 15) is 4.79 Å². The van der Waals surface area contributed by atoms with Crippen LogP contribution in [-0.4, -0.2) is 34.6 Å². The molecule has 2 atom stereocenters. The normalized spacial score (nSPS) is 36.2. The summed E-state index contributed by atoms with van der Waals surface area (Å²) < 4.78 is 0. The quantitative estimate of drug-likeness (QED) is 0.793. The van der Waals surface area contributed by atoms with Gasteiger partial charge in [-0.05, 0) is 56.9 Å². The van der Waals surface area contributed by atoms with Crippen molar-refractivity contribution in [1.82, 2.24) is 4.90 Å². The summed E-state index contributed by atoms with van der Waals surface area (Å²) in [6.07, 6.45) is 8.11.